The van der Waals surface area contributed by atoms with Crippen LogP contribution < -0.4 is 16.0 Å². The first-order valence-corrected chi connectivity index (χ1v) is 7.21. The lowest BCUT2D eigenvalue weighted by Gasteiger charge is -2.14. The first kappa shape index (κ1) is 17.6. The molecule has 1 amide bonds. The van der Waals surface area contributed by atoms with Crippen molar-refractivity contribution in [1.82, 2.24) is 16.0 Å². The second-order valence-corrected chi connectivity index (χ2v) is 5.09. The summed E-state index contributed by atoms with van der Waals surface area (Å²) in [6.45, 7) is 0.0989. The van der Waals surface area contributed by atoms with E-state index >= 15 is 0 Å². The summed E-state index contributed by atoms with van der Waals surface area (Å²) < 4.78 is 36.0. The van der Waals surface area contributed by atoms with E-state index in [1.807, 2.05) is 0 Å². The molecule has 1 saturated carbocycles. The smallest absolute Gasteiger partial charge is 0.356 e. The van der Waals surface area contributed by atoms with Gasteiger partial charge in [-0.25, -0.2) is 0 Å². The Morgan fingerprint density at radius 3 is 2.38 bits per heavy atom. The van der Waals surface area contributed by atoms with Gasteiger partial charge in [0.25, 0.3) is 0 Å². The molecule has 0 aromatic heterocycles. The molecule has 1 aliphatic carbocycles. The van der Waals surface area contributed by atoms with Crippen molar-refractivity contribution in [2.24, 2.45) is 4.99 Å². The number of carbonyl (C=O) groups is 1. The van der Waals surface area contributed by atoms with E-state index in [0.717, 1.165) is 25.7 Å². The summed E-state index contributed by atoms with van der Waals surface area (Å²) in [6, 6.07) is 0.279. The maximum atomic E-state index is 12.0. The molecular weight excluding hydrogens is 285 g/mol. The van der Waals surface area contributed by atoms with E-state index in [2.05, 4.69) is 20.9 Å². The molecular formula is C13H23F3N4O. The first-order chi connectivity index (χ1) is 9.90. The lowest BCUT2D eigenvalue weighted by atomic mass is 10.2. The van der Waals surface area contributed by atoms with E-state index in [-0.39, 0.29) is 30.9 Å². The standard InChI is InChI=1S/C13H23F3N4O/c1-17-12(19-9-7-13(14,15)16)18-8-6-11(21)20-10-4-2-3-5-10/h10H,2-9H2,1H3,(H,20,21)(H2,17,18,19). The second-order valence-electron chi connectivity index (χ2n) is 5.09. The number of hydrogen-bond acceptors (Lipinski definition) is 2. The molecule has 21 heavy (non-hydrogen) atoms. The van der Waals surface area contributed by atoms with Crippen molar-refractivity contribution < 1.29 is 18.0 Å². The van der Waals surface area contributed by atoms with Gasteiger partial charge in [0.15, 0.2) is 5.96 Å². The quantitative estimate of drug-likeness (QED) is 0.515. The van der Waals surface area contributed by atoms with Crippen LogP contribution in [0.3, 0.4) is 0 Å². The van der Waals surface area contributed by atoms with E-state index in [9.17, 15) is 18.0 Å². The molecule has 0 radical (unpaired) electrons. The molecule has 0 bridgehead atoms. The molecule has 0 aliphatic heterocycles. The summed E-state index contributed by atoms with van der Waals surface area (Å²) in [7, 11) is 1.47. The molecule has 1 rings (SSSR count). The number of hydrogen-bond donors (Lipinski definition) is 3. The largest absolute Gasteiger partial charge is 0.390 e. The van der Waals surface area contributed by atoms with Crippen LogP contribution in [0.5, 0.6) is 0 Å². The molecule has 0 unspecified atom stereocenters. The molecule has 0 spiro atoms. The SMILES string of the molecule is CN=C(NCCC(=O)NC1CCCC1)NCCC(F)(F)F. The zero-order valence-corrected chi connectivity index (χ0v) is 12.2. The number of nitrogens with zero attached hydrogens (tertiary/aromatic N) is 1. The predicted molar refractivity (Wildman–Crippen MR) is 75.1 cm³/mol. The topological polar surface area (TPSA) is 65.5 Å². The number of aliphatic imine (C=N–C) groups is 1. The molecule has 0 heterocycles. The van der Waals surface area contributed by atoms with Crippen LogP contribution in [-0.4, -0.2) is 44.2 Å². The first-order valence-electron chi connectivity index (χ1n) is 7.21. The van der Waals surface area contributed by atoms with E-state index < -0.39 is 12.6 Å². The number of alkyl halides is 3. The van der Waals surface area contributed by atoms with Crippen molar-refractivity contribution >= 4 is 11.9 Å². The van der Waals surface area contributed by atoms with Crippen molar-refractivity contribution in [2.45, 2.75) is 50.7 Å². The Morgan fingerprint density at radius 1 is 1.19 bits per heavy atom. The van der Waals surface area contributed by atoms with Crippen LogP contribution >= 0.6 is 0 Å². The number of guanidine groups is 1. The molecule has 8 heteroatoms. The van der Waals surface area contributed by atoms with Crippen molar-refractivity contribution in [3.8, 4) is 0 Å². The molecule has 0 aromatic rings. The normalized spacial score (nSPS) is 16.9. The van der Waals surface area contributed by atoms with Crippen LogP contribution in [0.2, 0.25) is 0 Å². The Bertz CT molecular complexity index is 352. The Balaban J connectivity index is 2.12. The van der Waals surface area contributed by atoms with E-state index in [0.29, 0.717) is 6.54 Å². The lowest BCUT2D eigenvalue weighted by Crippen LogP contribution is -2.41. The van der Waals surface area contributed by atoms with Crippen LogP contribution in [0.15, 0.2) is 4.99 Å². The minimum Gasteiger partial charge on any atom is -0.356 e. The van der Waals surface area contributed by atoms with Gasteiger partial charge >= 0.3 is 6.18 Å². The van der Waals surface area contributed by atoms with E-state index in [1.54, 1.807) is 0 Å². The Hall–Kier alpha value is -1.47. The fourth-order valence-corrected chi connectivity index (χ4v) is 2.21. The summed E-state index contributed by atoms with van der Waals surface area (Å²) in [5.41, 5.74) is 0. The van der Waals surface area contributed by atoms with Gasteiger partial charge in [-0.05, 0) is 12.8 Å². The Kier molecular flexibility index (Phi) is 7.31. The molecule has 0 saturated heterocycles. The zero-order valence-electron chi connectivity index (χ0n) is 12.2. The molecule has 0 aromatic carbocycles. The molecule has 122 valence electrons. The Morgan fingerprint density at radius 2 is 1.81 bits per heavy atom. The molecule has 1 aliphatic rings. The van der Waals surface area contributed by atoms with Crippen LogP contribution in [-0.2, 0) is 4.79 Å². The highest BCUT2D eigenvalue weighted by molar-refractivity contribution is 5.81. The zero-order chi connectivity index (χ0) is 15.7. The third-order valence-corrected chi connectivity index (χ3v) is 3.29. The fourth-order valence-electron chi connectivity index (χ4n) is 2.21. The van der Waals surface area contributed by atoms with Gasteiger partial charge in [0.1, 0.15) is 0 Å². The van der Waals surface area contributed by atoms with Crippen molar-refractivity contribution in [1.29, 1.82) is 0 Å². The van der Waals surface area contributed by atoms with Gasteiger partial charge in [-0.2, -0.15) is 13.2 Å². The van der Waals surface area contributed by atoms with Gasteiger partial charge in [0, 0.05) is 32.6 Å². The van der Waals surface area contributed by atoms with Crippen molar-refractivity contribution in [3.63, 3.8) is 0 Å². The summed E-state index contributed by atoms with van der Waals surface area (Å²) >= 11 is 0. The van der Waals surface area contributed by atoms with Crippen LogP contribution in [0.25, 0.3) is 0 Å². The summed E-state index contributed by atoms with van der Waals surface area (Å²) in [4.78, 5) is 15.5. The summed E-state index contributed by atoms with van der Waals surface area (Å²) in [5.74, 6) is 0.230. The van der Waals surface area contributed by atoms with Gasteiger partial charge < -0.3 is 16.0 Å². The number of nitrogens with one attached hydrogen (secondary N) is 3. The third kappa shape index (κ3) is 8.41. The number of halogens is 3. The van der Waals surface area contributed by atoms with Crippen LogP contribution in [0.4, 0.5) is 13.2 Å². The monoisotopic (exact) mass is 308 g/mol. The highest BCUT2D eigenvalue weighted by atomic mass is 19.4. The van der Waals surface area contributed by atoms with Gasteiger partial charge in [-0.1, -0.05) is 12.8 Å². The maximum absolute atomic E-state index is 12.0. The molecule has 5 nitrogen and oxygen atoms in total. The summed E-state index contributed by atoms with van der Waals surface area (Å²) in [5, 5.41) is 8.33. The van der Waals surface area contributed by atoms with Crippen molar-refractivity contribution in [2.75, 3.05) is 20.1 Å². The maximum Gasteiger partial charge on any atom is 0.390 e. The highest BCUT2D eigenvalue weighted by Crippen LogP contribution is 2.18. The molecule has 0 atom stereocenters. The minimum absolute atomic E-state index is 0.0415. The van der Waals surface area contributed by atoms with Crippen LogP contribution in [0, 0.1) is 0 Å². The predicted octanol–water partition coefficient (Wildman–Crippen LogP) is 1.55. The van der Waals surface area contributed by atoms with Gasteiger partial charge in [0.2, 0.25) is 5.91 Å². The number of carbonyl (C=O) groups excluding carboxylic acids is 1. The van der Waals surface area contributed by atoms with E-state index in [4.69, 9.17) is 0 Å². The fraction of sp³-hybridized carbons (Fsp3) is 0.846. The summed E-state index contributed by atoms with van der Waals surface area (Å²) in [6.07, 6.45) is -0.475. The number of amides is 1. The highest BCUT2D eigenvalue weighted by Gasteiger charge is 2.26. The van der Waals surface area contributed by atoms with Gasteiger partial charge in [0.05, 0.1) is 6.42 Å². The average molecular weight is 308 g/mol. The van der Waals surface area contributed by atoms with Crippen molar-refractivity contribution in [3.05, 3.63) is 0 Å². The minimum atomic E-state index is -4.19. The third-order valence-electron chi connectivity index (χ3n) is 3.29. The number of rotatable bonds is 6. The van der Waals surface area contributed by atoms with E-state index in [1.165, 1.54) is 7.05 Å². The van der Waals surface area contributed by atoms with Crippen LogP contribution in [0.1, 0.15) is 38.5 Å². The second kappa shape index (κ2) is 8.74. The lowest BCUT2D eigenvalue weighted by molar-refractivity contribution is -0.132. The molecule has 3 N–H and O–H groups in total. The average Bonchev–Trinajstić information content (AvgIpc) is 2.88. The molecule has 1 fully saturated rings. The Labute approximate surface area is 122 Å². The van der Waals surface area contributed by atoms with Gasteiger partial charge in [-0.15, -0.1) is 0 Å². The van der Waals surface area contributed by atoms with Gasteiger partial charge in [-0.3, -0.25) is 9.79 Å².